The molecule has 7 heteroatoms. The zero-order valence-electron chi connectivity index (χ0n) is 10.8. The SMILES string of the molecule is CCC(NC(=O)c1csc(C(C)N)n1)c1nccs1. The summed E-state index contributed by atoms with van der Waals surface area (Å²) >= 11 is 2.95. The zero-order valence-corrected chi connectivity index (χ0v) is 12.4. The molecule has 5 nitrogen and oxygen atoms in total. The quantitative estimate of drug-likeness (QED) is 0.888. The Labute approximate surface area is 119 Å². The van der Waals surface area contributed by atoms with Crippen molar-refractivity contribution in [2.24, 2.45) is 5.73 Å². The fourth-order valence-corrected chi connectivity index (χ4v) is 3.11. The minimum atomic E-state index is -0.176. The zero-order chi connectivity index (χ0) is 13.8. The van der Waals surface area contributed by atoms with Gasteiger partial charge >= 0.3 is 0 Å². The number of amides is 1. The lowest BCUT2D eigenvalue weighted by Gasteiger charge is -2.13. The normalized spacial score (nSPS) is 14.1. The van der Waals surface area contributed by atoms with E-state index in [1.165, 1.54) is 22.7 Å². The van der Waals surface area contributed by atoms with Crippen LogP contribution < -0.4 is 11.1 Å². The second-order valence-corrected chi connectivity index (χ2v) is 5.98. The molecule has 0 radical (unpaired) electrons. The molecule has 0 spiro atoms. The third kappa shape index (κ3) is 3.37. The number of rotatable bonds is 5. The molecule has 2 unspecified atom stereocenters. The maximum atomic E-state index is 12.1. The molecule has 3 N–H and O–H groups in total. The van der Waals surface area contributed by atoms with Crippen molar-refractivity contribution in [2.45, 2.75) is 32.4 Å². The van der Waals surface area contributed by atoms with Gasteiger partial charge in [0.25, 0.3) is 5.91 Å². The lowest BCUT2D eigenvalue weighted by molar-refractivity contribution is 0.0931. The molecule has 102 valence electrons. The molecule has 0 aliphatic heterocycles. The Bertz CT molecular complexity index is 536. The first-order valence-electron chi connectivity index (χ1n) is 6.03. The lowest BCUT2D eigenvalue weighted by Crippen LogP contribution is -2.28. The summed E-state index contributed by atoms with van der Waals surface area (Å²) in [5.41, 5.74) is 6.16. The molecule has 0 saturated carbocycles. The van der Waals surface area contributed by atoms with Gasteiger partial charge in [-0.25, -0.2) is 9.97 Å². The van der Waals surface area contributed by atoms with Gasteiger partial charge in [-0.3, -0.25) is 4.79 Å². The molecule has 2 aromatic heterocycles. The topological polar surface area (TPSA) is 80.9 Å². The minimum Gasteiger partial charge on any atom is -0.341 e. The van der Waals surface area contributed by atoms with Crippen molar-refractivity contribution in [1.82, 2.24) is 15.3 Å². The van der Waals surface area contributed by atoms with E-state index in [2.05, 4.69) is 15.3 Å². The van der Waals surface area contributed by atoms with Crippen molar-refractivity contribution in [3.05, 3.63) is 32.7 Å². The van der Waals surface area contributed by atoms with Crippen LogP contribution in [0.25, 0.3) is 0 Å². The number of hydrogen-bond donors (Lipinski definition) is 2. The van der Waals surface area contributed by atoms with E-state index < -0.39 is 0 Å². The summed E-state index contributed by atoms with van der Waals surface area (Å²) in [5.74, 6) is -0.176. The highest BCUT2D eigenvalue weighted by molar-refractivity contribution is 7.10. The molecule has 2 heterocycles. The molecule has 19 heavy (non-hydrogen) atoms. The van der Waals surface area contributed by atoms with E-state index in [-0.39, 0.29) is 18.0 Å². The van der Waals surface area contributed by atoms with Crippen LogP contribution >= 0.6 is 22.7 Å². The Kier molecular flexibility index (Phi) is 4.62. The summed E-state index contributed by atoms with van der Waals surface area (Å²) in [5, 5.41) is 8.28. The Hall–Kier alpha value is -1.31. The van der Waals surface area contributed by atoms with E-state index >= 15 is 0 Å². The molecule has 2 aromatic rings. The van der Waals surface area contributed by atoms with E-state index in [1.54, 1.807) is 11.6 Å². The van der Waals surface area contributed by atoms with Crippen LogP contribution in [0, 0.1) is 0 Å². The fraction of sp³-hybridized carbons (Fsp3) is 0.417. The van der Waals surface area contributed by atoms with Crippen molar-refractivity contribution in [1.29, 1.82) is 0 Å². The predicted octanol–water partition coefficient (Wildman–Crippen LogP) is 2.50. The van der Waals surface area contributed by atoms with Gasteiger partial charge in [0.15, 0.2) is 0 Å². The van der Waals surface area contributed by atoms with Gasteiger partial charge < -0.3 is 11.1 Å². The van der Waals surface area contributed by atoms with Crippen molar-refractivity contribution < 1.29 is 4.79 Å². The minimum absolute atomic E-state index is 0.0621. The Morgan fingerprint density at radius 3 is 2.79 bits per heavy atom. The third-order valence-corrected chi connectivity index (χ3v) is 4.54. The van der Waals surface area contributed by atoms with E-state index in [1.807, 2.05) is 19.2 Å². The first kappa shape index (κ1) is 14.1. The number of nitrogens with zero attached hydrogens (tertiary/aromatic N) is 2. The number of carbonyl (C=O) groups excluding carboxylic acids is 1. The first-order chi connectivity index (χ1) is 9.11. The monoisotopic (exact) mass is 296 g/mol. The van der Waals surface area contributed by atoms with Crippen LogP contribution in [-0.2, 0) is 0 Å². The van der Waals surface area contributed by atoms with Gasteiger partial charge in [0.2, 0.25) is 0 Å². The Morgan fingerprint density at radius 2 is 2.26 bits per heavy atom. The van der Waals surface area contributed by atoms with Gasteiger partial charge in [-0.15, -0.1) is 22.7 Å². The second-order valence-electron chi connectivity index (χ2n) is 4.16. The Balaban J connectivity index is 2.07. The van der Waals surface area contributed by atoms with Crippen LogP contribution in [0.15, 0.2) is 17.0 Å². The maximum absolute atomic E-state index is 12.1. The number of nitrogens with one attached hydrogen (secondary N) is 1. The van der Waals surface area contributed by atoms with Crippen molar-refractivity contribution in [3.63, 3.8) is 0 Å². The molecular weight excluding hydrogens is 280 g/mol. The Morgan fingerprint density at radius 1 is 1.47 bits per heavy atom. The van der Waals surface area contributed by atoms with Crippen molar-refractivity contribution in [3.8, 4) is 0 Å². The van der Waals surface area contributed by atoms with E-state index in [0.29, 0.717) is 5.69 Å². The van der Waals surface area contributed by atoms with Gasteiger partial charge in [-0.1, -0.05) is 6.92 Å². The molecule has 0 fully saturated rings. The predicted molar refractivity (Wildman–Crippen MR) is 77.3 cm³/mol. The van der Waals surface area contributed by atoms with Crippen LogP contribution in [0.5, 0.6) is 0 Å². The summed E-state index contributed by atoms with van der Waals surface area (Å²) in [7, 11) is 0. The van der Waals surface area contributed by atoms with Crippen molar-refractivity contribution >= 4 is 28.6 Å². The van der Waals surface area contributed by atoms with Crippen LogP contribution in [0.2, 0.25) is 0 Å². The largest absolute Gasteiger partial charge is 0.341 e. The van der Waals surface area contributed by atoms with Gasteiger partial charge in [-0.05, 0) is 13.3 Å². The van der Waals surface area contributed by atoms with Gasteiger partial charge in [0, 0.05) is 17.0 Å². The summed E-state index contributed by atoms with van der Waals surface area (Å²) < 4.78 is 0. The lowest BCUT2D eigenvalue weighted by atomic mass is 10.2. The molecule has 0 aliphatic carbocycles. The first-order valence-corrected chi connectivity index (χ1v) is 7.79. The van der Waals surface area contributed by atoms with Gasteiger partial charge in [0.05, 0.1) is 12.1 Å². The summed E-state index contributed by atoms with van der Waals surface area (Å²) in [6.45, 7) is 3.87. The van der Waals surface area contributed by atoms with Gasteiger partial charge in [0.1, 0.15) is 15.7 Å². The van der Waals surface area contributed by atoms with E-state index in [4.69, 9.17) is 5.73 Å². The molecule has 0 bridgehead atoms. The highest BCUT2D eigenvalue weighted by Crippen LogP contribution is 2.20. The number of thiazole rings is 2. The third-order valence-electron chi connectivity index (χ3n) is 2.61. The standard InChI is InChI=1S/C12H16N4OS2/c1-3-8(12-14-4-5-18-12)15-10(17)9-6-19-11(16-9)7(2)13/h4-8H,3,13H2,1-2H3,(H,15,17). The molecular formula is C12H16N4OS2. The van der Waals surface area contributed by atoms with Crippen molar-refractivity contribution in [2.75, 3.05) is 0 Å². The van der Waals surface area contributed by atoms with E-state index in [9.17, 15) is 4.79 Å². The molecule has 0 aromatic carbocycles. The second kappa shape index (κ2) is 6.23. The average molecular weight is 296 g/mol. The van der Waals surface area contributed by atoms with Crippen LogP contribution in [0.1, 0.15) is 52.9 Å². The van der Waals surface area contributed by atoms with Gasteiger partial charge in [-0.2, -0.15) is 0 Å². The summed E-state index contributed by atoms with van der Waals surface area (Å²) in [6.07, 6.45) is 2.54. The highest BCUT2D eigenvalue weighted by atomic mass is 32.1. The molecule has 1 amide bonds. The maximum Gasteiger partial charge on any atom is 0.271 e. The van der Waals surface area contributed by atoms with Crippen LogP contribution in [-0.4, -0.2) is 15.9 Å². The summed E-state index contributed by atoms with van der Waals surface area (Å²) in [6, 6.07) is -0.208. The van der Waals surface area contributed by atoms with Crippen LogP contribution in [0.4, 0.5) is 0 Å². The van der Waals surface area contributed by atoms with Crippen LogP contribution in [0.3, 0.4) is 0 Å². The highest BCUT2D eigenvalue weighted by Gasteiger charge is 2.18. The molecule has 0 aliphatic rings. The average Bonchev–Trinajstić information content (AvgIpc) is 3.05. The molecule has 0 saturated heterocycles. The fourth-order valence-electron chi connectivity index (χ4n) is 1.58. The number of carbonyl (C=O) groups is 1. The summed E-state index contributed by atoms with van der Waals surface area (Å²) in [4.78, 5) is 20.6. The molecule has 2 atom stereocenters. The number of nitrogens with two attached hydrogens (primary N) is 1. The van der Waals surface area contributed by atoms with E-state index in [0.717, 1.165) is 16.4 Å². The smallest absolute Gasteiger partial charge is 0.271 e. The molecule has 2 rings (SSSR count). The number of aromatic nitrogens is 2. The number of hydrogen-bond acceptors (Lipinski definition) is 6.